The van der Waals surface area contributed by atoms with E-state index in [0.717, 1.165) is 4.47 Å². The van der Waals surface area contributed by atoms with Gasteiger partial charge in [-0.15, -0.1) is 0 Å². The van der Waals surface area contributed by atoms with E-state index < -0.39 is 15.1 Å². The first-order valence-corrected chi connectivity index (χ1v) is 6.75. The standard InChI is InChI=1S/C10H10BrNO2S/c1-2-9(7-12)15(13,14)10-5-3-8(11)4-6-10/h3-6,9H,2H2,1H3. The summed E-state index contributed by atoms with van der Waals surface area (Å²) < 4.78 is 24.5. The van der Waals surface area contributed by atoms with Gasteiger partial charge >= 0.3 is 0 Å². The fraction of sp³-hybridized carbons (Fsp3) is 0.300. The average Bonchev–Trinajstić information content (AvgIpc) is 2.19. The lowest BCUT2D eigenvalue weighted by Gasteiger charge is -2.07. The van der Waals surface area contributed by atoms with Gasteiger partial charge in [-0.3, -0.25) is 0 Å². The minimum Gasteiger partial charge on any atom is -0.222 e. The molecule has 0 N–H and O–H groups in total. The molecule has 1 aromatic carbocycles. The predicted molar refractivity (Wildman–Crippen MR) is 61.0 cm³/mol. The normalized spacial score (nSPS) is 13.1. The zero-order valence-electron chi connectivity index (χ0n) is 8.14. The first kappa shape index (κ1) is 12.2. The van der Waals surface area contributed by atoms with Gasteiger partial charge in [-0.05, 0) is 30.7 Å². The molecule has 1 unspecified atom stereocenters. The molecule has 15 heavy (non-hydrogen) atoms. The molecule has 0 fully saturated rings. The first-order chi connectivity index (χ1) is 7.02. The molecular formula is C10H10BrNO2S. The summed E-state index contributed by atoms with van der Waals surface area (Å²) in [6, 6.07) is 8.10. The lowest BCUT2D eigenvalue weighted by atomic mass is 10.4. The highest BCUT2D eigenvalue weighted by Gasteiger charge is 2.25. The van der Waals surface area contributed by atoms with E-state index in [1.165, 1.54) is 12.1 Å². The topological polar surface area (TPSA) is 57.9 Å². The molecule has 0 saturated carbocycles. The van der Waals surface area contributed by atoms with E-state index in [0.29, 0.717) is 6.42 Å². The summed E-state index contributed by atoms with van der Waals surface area (Å²) in [5, 5.41) is 7.78. The number of hydrogen-bond acceptors (Lipinski definition) is 3. The van der Waals surface area contributed by atoms with Crippen molar-refractivity contribution < 1.29 is 8.42 Å². The van der Waals surface area contributed by atoms with Crippen LogP contribution in [0.15, 0.2) is 33.6 Å². The molecule has 0 aliphatic carbocycles. The Morgan fingerprint density at radius 1 is 1.40 bits per heavy atom. The predicted octanol–water partition coefficient (Wildman–Crippen LogP) is 2.52. The zero-order chi connectivity index (χ0) is 11.5. The average molecular weight is 288 g/mol. The zero-order valence-corrected chi connectivity index (χ0v) is 10.5. The number of nitriles is 1. The summed E-state index contributed by atoms with van der Waals surface area (Å²) >= 11 is 3.22. The largest absolute Gasteiger partial charge is 0.222 e. The van der Waals surface area contributed by atoms with Gasteiger partial charge in [0.15, 0.2) is 15.1 Å². The maximum atomic E-state index is 11.9. The van der Waals surface area contributed by atoms with Gasteiger partial charge in [0.2, 0.25) is 0 Å². The van der Waals surface area contributed by atoms with Gasteiger partial charge in [0.05, 0.1) is 11.0 Å². The van der Waals surface area contributed by atoms with Crippen LogP contribution in [0.4, 0.5) is 0 Å². The third kappa shape index (κ3) is 2.58. The molecule has 1 rings (SSSR count). The lowest BCUT2D eigenvalue weighted by molar-refractivity contribution is 0.587. The highest BCUT2D eigenvalue weighted by molar-refractivity contribution is 9.10. The van der Waals surface area contributed by atoms with Gasteiger partial charge in [0, 0.05) is 4.47 Å². The van der Waals surface area contributed by atoms with Crippen LogP contribution in [-0.4, -0.2) is 13.7 Å². The van der Waals surface area contributed by atoms with Crippen molar-refractivity contribution in [2.75, 3.05) is 0 Å². The van der Waals surface area contributed by atoms with E-state index in [1.54, 1.807) is 25.1 Å². The number of rotatable bonds is 3. The van der Waals surface area contributed by atoms with Crippen molar-refractivity contribution in [3.8, 4) is 6.07 Å². The summed E-state index contributed by atoms with van der Waals surface area (Å²) in [6.45, 7) is 1.68. The van der Waals surface area contributed by atoms with Crippen LogP contribution >= 0.6 is 15.9 Å². The molecule has 0 radical (unpaired) electrons. The minimum absolute atomic E-state index is 0.194. The number of hydrogen-bond donors (Lipinski definition) is 0. The van der Waals surface area contributed by atoms with Crippen molar-refractivity contribution >= 4 is 25.8 Å². The Hall–Kier alpha value is -0.860. The third-order valence-electron chi connectivity index (χ3n) is 2.03. The Labute approximate surface area is 97.8 Å². The van der Waals surface area contributed by atoms with Crippen molar-refractivity contribution in [3.05, 3.63) is 28.7 Å². The first-order valence-electron chi connectivity index (χ1n) is 4.41. The van der Waals surface area contributed by atoms with Gasteiger partial charge < -0.3 is 0 Å². The van der Waals surface area contributed by atoms with E-state index in [-0.39, 0.29) is 4.90 Å². The lowest BCUT2D eigenvalue weighted by Crippen LogP contribution is -2.18. The van der Waals surface area contributed by atoms with Crippen LogP contribution in [0.3, 0.4) is 0 Å². The van der Waals surface area contributed by atoms with Crippen molar-refractivity contribution in [2.24, 2.45) is 0 Å². The van der Waals surface area contributed by atoms with E-state index in [9.17, 15) is 8.42 Å². The van der Waals surface area contributed by atoms with E-state index in [1.807, 2.05) is 0 Å². The Morgan fingerprint density at radius 3 is 2.33 bits per heavy atom. The van der Waals surface area contributed by atoms with Gasteiger partial charge in [-0.1, -0.05) is 22.9 Å². The van der Waals surface area contributed by atoms with E-state index in [4.69, 9.17) is 5.26 Å². The highest BCUT2D eigenvalue weighted by Crippen LogP contribution is 2.20. The van der Waals surface area contributed by atoms with Crippen molar-refractivity contribution in [1.82, 2.24) is 0 Å². The highest BCUT2D eigenvalue weighted by atomic mass is 79.9. The molecule has 1 aromatic rings. The molecule has 0 spiro atoms. The molecule has 0 heterocycles. The Bertz CT molecular complexity index is 473. The van der Waals surface area contributed by atoms with Gasteiger partial charge in [-0.2, -0.15) is 5.26 Å². The molecule has 0 aromatic heterocycles. The summed E-state index contributed by atoms with van der Waals surface area (Å²) in [7, 11) is -3.50. The molecule has 1 atom stereocenters. The molecule has 5 heteroatoms. The fourth-order valence-electron chi connectivity index (χ4n) is 1.17. The Balaban J connectivity index is 3.18. The molecule has 0 aliphatic heterocycles. The second-order valence-corrected chi connectivity index (χ2v) is 6.07. The van der Waals surface area contributed by atoms with Crippen LogP contribution in [0, 0.1) is 11.3 Å². The van der Waals surface area contributed by atoms with Crippen LogP contribution in [0.25, 0.3) is 0 Å². The molecule has 3 nitrogen and oxygen atoms in total. The number of benzene rings is 1. The van der Waals surface area contributed by atoms with Crippen molar-refractivity contribution in [2.45, 2.75) is 23.5 Å². The summed E-state index contributed by atoms with van der Waals surface area (Å²) in [5.41, 5.74) is 0. The summed E-state index contributed by atoms with van der Waals surface area (Å²) in [4.78, 5) is 0.194. The SMILES string of the molecule is CCC(C#N)S(=O)(=O)c1ccc(Br)cc1. The van der Waals surface area contributed by atoms with Gasteiger partial charge in [0.25, 0.3) is 0 Å². The van der Waals surface area contributed by atoms with E-state index >= 15 is 0 Å². The molecular weight excluding hydrogens is 278 g/mol. The maximum Gasteiger partial charge on any atom is 0.194 e. The Kier molecular flexibility index (Phi) is 3.89. The fourth-order valence-corrected chi connectivity index (χ4v) is 2.85. The second-order valence-electron chi connectivity index (χ2n) is 3.02. The van der Waals surface area contributed by atoms with Crippen molar-refractivity contribution in [1.29, 1.82) is 5.26 Å². The number of sulfone groups is 1. The molecule has 0 amide bonds. The van der Waals surface area contributed by atoms with Crippen LogP contribution in [0.2, 0.25) is 0 Å². The number of halogens is 1. The van der Waals surface area contributed by atoms with Crippen LogP contribution < -0.4 is 0 Å². The van der Waals surface area contributed by atoms with E-state index in [2.05, 4.69) is 15.9 Å². The van der Waals surface area contributed by atoms with Crippen molar-refractivity contribution in [3.63, 3.8) is 0 Å². The molecule has 0 bridgehead atoms. The second kappa shape index (κ2) is 4.77. The van der Waals surface area contributed by atoms with Crippen LogP contribution in [-0.2, 0) is 9.84 Å². The quantitative estimate of drug-likeness (QED) is 0.858. The molecule has 80 valence electrons. The number of nitrogens with zero attached hydrogens (tertiary/aromatic N) is 1. The Morgan fingerprint density at radius 2 is 1.93 bits per heavy atom. The summed E-state index contributed by atoms with van der Waals surface area (Å²) in [6.07, 6.45) is 0.300. The van der Waals surface area contributed by atoms with Gasteiger partial charge in [0.1, 0.15) is 0 Å². The smallest absolute Gasteiger partial charge is 0.194 e. The summed E-state index contributed by atoms with van der Waals surface area (Å²) in [5.74, 6) is 0. The minimum atomic E-state index is -3.50. The van der Waals surface area contributed by atoms with Crippen LogP contribution in [0.5, 0.6) is 0 Å². The maximum absolute atomic E-state index is 11.9. The molecule has 0 aliphatic rings. The third-order valence-corrected chi connectivity index (χ3v) is 4.68. The van der Waals surface area contributed by atoms with Gasteiger partial charge in [-0.25, -0.2) is 8.42 Å². The monoisotopic (exact) mass is 287 g/mol. The van der Waals surface area contributed by atoms with Crippen LogP contribution in [0.1, 0.15) is 13.3 Å². The molecule has 0 saturated heterocycles.